The molecule has 1 spiro atoms. The molecule has 6 nitrogen and oxygen atoms in total. The summed E-state index contributed by atoms with van der Waals surface area (Å²) in [6.07, 6.45) is 5.56. The Morgan fingerprint density at radius 1 is 1.22 bits per heavy atom. The van der Waals surface area contributed by atoms with Gasteiger partial charge in [-0.1, -0.05) is 12.1 Å². The second-order valence-electron chi connectivity index (χ2n) is 8.98. The Kier molecular flexibility index (Phi) is 5.78. The molecule has 5 rings (SSSR count). The Morgan fingerprint density at radius 2 is 2.06 bits per heavy atom. The van der Waals surface area contributed by atoms with E-state index in [1.54, 1.807) is 0 Å². The highest BCUT2D eigenvalue weighted by Gasteiger charge is 2.40. The molecule has 4 heterocycles. The Labute approximate surface area is 192 Å². The summed E-state index contributed by atoms with van der Waals surface area (Å²) in [6.45, 7) is 5.46. The minimum absolute atomic E-state index is 0.0733. The molecule has 1 atom stereocenters. The molecule has 2 aromatic heterocycles. The zero-order valence-electron chi connectivity index (χ0n) is 18.5. The Morgan fingerprint density at radius 3 is 2.84 bits per heavy atom. The lowest BCUT2D eigenvalue weighted by Crippen LogP contribution is -2.39. The molecule has 168 valence electrons. The maximum Gasteiger partial charge on any atom is 0.263 e. The second kappa shape index (κ2) is 8.71. The molecule has 0 saturated carbocycles. The molecule has 7 heteroatoms. The number of hydrogen-bond donors (Lipinski definition) is 2. The summed E-state index contributed by atoms with van der Waals surface area (Å²) in [5, 5.41) is 3.86. The fourth-order valence-corrected chi connectivity index (χ4v) is 5.89. The molecule has 0 aliphatic carbocycles. The van der Waals surface area contributed by atoms with Crippen LogP contribution in [0.2, 0.25) is 0 Å². The second-order valence-corrected chi connectivity index (χ2v) is 9.98. The zero-order chi connectivity index (χ0) is 22.1. The van der Waals surface area contributed by atoms with Crippen LogP contribution in [-0.2, 0) is 11.2 Å². The highest BCUT2D eigenvalue weighted by atomic mass is 32.1. The summed E-state index contributed by atoms with van der Waals surface area (Å²) in [6, 6.07) is 12.6. The number of carbonyl (C=O) groups excluding carboxylic acids is 1. The van der Waals surface area contributed by atoms with Gasteiger partial charge in [-0.15, -0.1) is 11.3 Å². The fourth-order valence-electron chi connectivity index (χ4n) is 4.83. The molecule has 1 aromatic carbocycles. The van der Waals surface area contributed by atoms with Gasteiger partial charge >= 0.3 is 0 Å². The minimum atomic E-state index is -0.130. The number of thiophene rings is 1. The van der Waals surface area contributed by atoms with E-state index < -0.39 is 0 Å². The first-order chi connectivity index (χ1) is 15.5. The highest BCUT2D eigenvalue weighted by molar-refractivity contribution is 7.21. The van der Waals surface area contributed by atoms with Crippen molar-refractivity contribution in [3.05, 3.63) is 52.5 Å². The number of carbonyl (C=O) groups is 1. The van der Waals surface area contributed by atoms with Gasteiger partial charge in [0, 0.05) is 43.0 Å². The smallest absolute Gasteiger partial charge is 0.263 e. The number of nitrogens with one attached hydrogen (secondary N) is 1. The third-order valence-electron chi connectivity index (χ3n) is 6.69. The molecule has 2 aliphatic heterocycles. The first-order valence-corrected chi connectivity index (χ1v) is 12.3. The van der Waals surface area contributed by atoms with E-state index in [1.807, 2.05) is 19.1 Å². The summed E-state index contributed by atoms with van der Waals surface area (Å²) in [5.41, 5.74) is 10.2. The van der Waals surface area contributed by atoms with E-state index in [1.165, 1.54) is 41.9 Å². The van der Waals surface area contributed by atoms with E-state index in [0.717, 1.165) is 48.4 Å². The maximum atomic E-state index is 12.7. The number of nitrogens with zero attached hydrogens (tertiary/aromatic N) is 2. The summed E-state index contributed by atoms with van der Waals surface area (Å²) in [4.78, 5) is 20.9. The fraction of sp³-hybridized carbons (Fsp3) is 0.440. The number of benzene rings is 1. The number of amides is 1. The number of hydrogen-bond acceptors (Lipinski definition) is 6. The molecular weight excluding hydrogens is 420 g/mol. The third-order valence-corrected chi connectivity index (χ3v) is 7.81. The lowest BCUT2D eigenvalue weighted by molar-refractivity contribution is -0.0621. The predicted octanol–water partition coefficient (Wildman–Crippen LogP) is 4.31. The van der Waals surface area contributed by atoms with Crippen molar-refractivity contribution in [2.75, 3.05) is 36.9 Å². The lowest BCUT2D eigenvalue weighted by atomic mass is 9.93. The van der Waals surface area contributed by atoms with Crippen molar-refractivity contribution in [3.8, 4) is 0 Å². The number of ether oxygens (including phenoxy) is 1. The van der Waals surface area contributed by atoms with Gasteiger partial charge in [-0.25, -0.2) is 4.98 Å². The summed E-state index contributed by atoms with van der Waals surface area (Å²) in [5.74, 6) is -0.130. The van der Waals surface area contributed by atoms with Crippen LogP contribution < -0.4 is 16.0 Å². The standard InChI is InChI=1S/C25H30N4O2S/c1-17-4-9-20-21(26)22(32-24(20)28-17)23(30)27-13-10-18-5-7-19(8-6-18)29-14-12-25(16-29)11-2-3-15-31-25/h4-9H,2-3,10-16,26H2,1H3,(H,27,30). The van der Waals surface area contributed by atoms with E-state index in [0.29, 0.717) is 17.1 Å². The van der Waals surface area contributed by atoms with Gasteiger partial charge in [-0.2, -0.15) is 0 Å². The van der Waals surface area contributed by atoms with Gasteiger partial charge in [0.2, 0.25) is 0 Å². The topological polar surface area (TPSA) is 80.5 Å². The van der Waals surface area contributed by atoms with E-state index in [4.69, 9.17) is 10.5 Å². The molecule has 1 unspecified atom stereocenters. The van der Waals surface area contributed by atoms with E-state index in [2.05, 4.69) is 39.5 Å². The van der Waals surface area contributed by atoms with Crippen molar-refractivity contribution in [1.29, 1.82) is 0 Å². The molecule has 2 fully saturated rings. The molecule has 0 radical (unpaired) electrons. The third kappa shape index (κ3) is 4.19. The van der Waals surface area contributed by atoms with Crippen LogP contribution in [0.1, 0.15) is 46.6 Å². The first kappa shape index (κ1) is 21.2. The van der Waals surface area contributed by atoms with Crippen molar-refractivity contribution >= 4 is 38.8 Å². The van der Waals surface area contributed by atoms with Crippen LogP contribution in [0, 0.1) is 6.92 Å². The van der Waals surface area contributed by atoms with E-state index in [-0.39, 0.29) is 11.5 Å². The molecule has 2 saturated heterocycles. The summed E-state index contributed by atoms with van der Waals surface area (Å²) < 4.78 is 6.15. The SMILES string of the molecule is Cc1ccc2c(N)c(C(=O)NCCc3ccc(N4CCC5(CCCCO5)C4)cc3)sc2n1. The molecule has 1 amide bonds. The average Bonchev–Trinajstić information content (AvgIpc) is 3.35. The Hall–Kier alpha value is -2.64. The monoisotopic (exact) mass is 450 g/mol. The lowest BCUT2D eigenvalue weighted by Gasteiger charge is -2.33. The maximum absolute atomic E-state index is 12.7. The zero-order valence-corrected chi connectivity index (χ0v) is 19.3. The van der Waals surface area contributed by atoms with Crippen LogP contribution in [0.4, 0.5) is 11.4 Å². The van der Waals surface area contributed by atoms with E-state index >= 15 is 0 Å². The van der Waals surface area contributed by atoms with Crippen molar-refractivity contribution in [2.45, 2.75) is 44.6 Å². The molecule has 0 bridgehead atoms. The van der Waals surface area contributed by atoms with Crippen LogP contribution >= 0.6 is 11.3 Å². The normalized spacial score (nSPS) is 20.8. The van der Waals surface area contributed by atoms with Gasteiger partial charge < -0.3 is 20.7 Å². The van der Waals surface area contributed by atoms with Gasteiger partial charge in [-0.3, -0.25) is 4.79 Å². The number of aromatic nitrogens is 1. The molecule has 2 aliphatic rings. The highest BCUT2D eigenvalue weighted by Crippen LogP contribution is 2.36. The summed E-state index contributed by atoms with van der Waals surface area (Å²) >= 11 is 1.35. The van der Waals surface area contributed by atoms with Gasteiger partial charge in [0.1, 0.15) is 9.71 Å². The van der Waals surface area contributed by atoms with Gasteiger partial charge in [0.25, 0.3) is 5.91 Å². The number of aryl methyl sites for hydroxylation is 1. The predicted molar refractivity (Wildman–Crippen MR) is 131 cm³/mol. The number of pyridine rings is 1. The van der Waals surface area contributed by atoms with E-state index in [9.17, 15) is 4.79 Å². The molecule has 3 aromatic rings. The number of fused-ring (bicyclic) bond motifs is 1. The number of nitrogen functional groups attached to an aromatic ring is 1. The average molecular weight is 451 g/mol. The van der Waals surface area contributed by atoms with Crippen LogP contribution in [0.3, 0.4) is 0 Å². The van der Waals surface area contributed by atoms with Gasteiger partial charge in [-0.05, 0) is 68.9 Å². The van der Waals surface area contributed by atoms with Gasteiger partial charge in [0.15, 0.2) is 0 Å². The number of nitrogens with two attached hydrogens (primary N) is 1. The van der Waals surface area contributed by atoms with Crippen LogP contribution in [0.15, 0.2) is 36.4 Å². The minimum Gasteiger partial charge on any atom is -0.397 e. The Balaban J connectivity index is 1.16. The van der Waals surface area contributed by atoms with Gasteiger partial charge in [0.05, 0.1) is 11.3 Å². The largest absolute Gasteiger partial charge is 0.397 e. The quantitative estimate of drug-likeness (QED) is 0.606. The number of rotatable bonds is 5. The van der Waals surface area contributed by atoms with Crippen molar-refractivity contribution < 1.29 is 9.53 Å². The van der Waals surface area contributed by atoms with Crippen molar-refractivity contribution in [2.24, 2.45) is 0 Å². The molecule has 32 heavy (non-hydrogen) atoms. The first-order valence-electron chi connectivity index (χ1n) is 11.4. The van der Waals surface area contributed by atoms with Crippen molar-refractivity contribution in [1.82, 2.24) is 10.3 Å². The van der Waals surface area contributed by atoms with Crippen molar-refractivity contribution in [3.63, 3.8) is 0 Å². The van der Waals surface area contributed by atoms with Crippen LogP contribution in [-0.4, -0.2) is 42.7 Å². The molecule has 3 N–H and O–H groups in total. The number of anilines is 2. The summed E-state index contributed by atoms with van der Waals surface area (Å²) in [7, 11) is 0. The molecular formula is C25H30N4O2S. The van der Waals surface area contributed by atoms with Crippen LogP contribution in [0.5, 0.6) is 0 Å². The Bertz CT molecular complexity index is 1120. The van der Waals surface area contributed by atoms with Crippen LogP contribution in [0.25, 0.3) is 10.2 Å².